The van der Waals surface area contributed by atoms with Crippen LogP contribution in [-0.4, -0.2) is 18.2 Å². The Labute approximate surface area is 172 Å². The fraction of sp³-hybridized carbons (Fsp3) is 0.350. The average Bonchev–Trinajstić information content (AvgIpc) is 2.66. The van der Waals surface area contributed by atoms with Gasteiger partial charge in [-0.15, -0.1) is 0 Å². The highest BCUT2D eigenvalue weighted by Crippen LogP contribution is 2.30. The van der Waals surface area contributed by atoms with Crippen molar-refractivity contribution in [2.45, 2.75) is 44.4 Å². The molecule has 4 nitrogen and oxygen atoms in total. The predicted octanol–water partition coefficient (Wildman–Crippen LogP) is 5.92. The van der Waals surface area contributed by atoms with E-state index in [1.807, 2.05) is 0 Å². The molecule has 0 aromatic heterocycles. The number of benzene rings is 2. The van der Waals surface area contributed by atoms with Crippen LogP contribution in [0.15, 0.2) is 36.4 Å². The van der Waals surface area contributed by atoms with Crippen molar-refractivity contribution in [2.75, 3.05) is 5.32 Å². The second-order valence-corrected chi connectivity index (χ2v) is 7.49. The summed E-state index contributed by atoms with van der Waals surface area (Å²) in [6.07, 6.45) is 2.68. The molecule has 8 heteroatoms. The van der Waals surface area contributed by atoms with E-state index < -0.39 is 11.6 Å². The standard InChI is InChI=1S/C20H20Cl2F2N2O2/c21-15-3-1-4-16(22)19(15)26-20(27)25-12-7-9-13(10-8-12)28-11-14-17(23)5-2-6-18(14)24/h1-6,12-13H,7-11H2,(H2,25,26,27). The highest BCUT2D eigenvalue weighted by atomic mass is 35.5. The van der Waals surface area contributed by atoms with Crippen LogP contribution in [0.3, 0.4) is 0 Å². The van der Waals surface area contributed by atoms with E-state index in [-0.39, 0.29) is 30.3 Å². The van der Waals surface area contributed by atoms with Gasteiger partial charge in [0.25, 0.3) is 0 Å². The van der Waals surface area contributed by atoms with Gasteiger partial charge in [0.05, 0.1) is 28.4 Å². The second kappa shape index (κ2) is 9.54. The Morgan fingerprint density at radius 3 is 2.18 bits per heavy atom. The normalized spacial score (nSPS) is 19.3. The summed E-state index contributed by atoms with van der Waals surface area (Å²) in [6.45, 7) is -0.104. The zero-order chi connectivity index (χ0) is 20.1. The fourth-order valence-electron chi connectivity index (χ4n) is 3.20. The molecule has 1 aliphatic rings. The molecule has 0 aliphatic heterocycles. The summed E-state index contributed by atoms with van der Waals surface area (Å²) in [5, 5.41) is 6.28. The molecule has 28 heavy (non-hydrogen) atoms. The molecule has 3 rings (SSSR count). The Balaban J connectivity index is 1.44. The van der Waals surface area contributed by atoms with Crippen LogP contribution in [0.25, 0.3) is 0 Å². The van der Waals surface area contributed by atoms with Gasteiger partial charge in [0.15, 0.2) is 0 Å². The van der Waals surface area contributed by atoms with Crippen molar-refractivity contribution >= 4 is 34.9 Å². The van der Waals surface area contributed by atoms with Crippen LogP contribution in [0.1, 0.15) is 31.2 Å². The Morgan fingerprint density at radius 2 is 1.57 bits per heavy atom. The number of rotatable bonds is 5. The van der Waals surface area contributed by atoms with E-state index in [9.17, 15) is 13.6 Å². The SMILES string of the molecule is O=C(Nc1c(Cl)cccc1Cl)NC1CCC(OCc2c(F)cccc2F)CC1. The molecule has 0 saturated heterocycles. The van der Waals surface area contributed by atoms with Gasteiger partial charge in [-0.1, -0.05) is 35.3 Å². The van der Waals surface area contributed by atoms with Gasteiger partial charge >= 0.3 is 6.03 Å². The Kier molecular flexibility index (Phi) is 7.10. The molecular weight excluding hydrogens is 409 g/mol. The van der Waals surface area contributed by atoms with E-state index >= 15 is 0 Å². The third kappa shape index (κ3) is 5.34. The molecule has 0 bridgehead atoms. The number of halogens is 4. The van der Waals surface area contributed by atoms with Gasteiger partial charge in [-0.05, 0) is 49.9 Å². The fourth-order valence-corrected chi connectivity index (χ4v) is 3.69. The van der Waals surface area contributed by atoms with Crippen LogP contribution >= 0.6 is 23.2 Å². The van der Waals surface area contributed by atoms with Gasteiger partial charge in [-0.2, -0.15) is 0 Å². The molecular formula is C20H20Cl2F2N2O2. The van der Waals surface area contributed by atoms with Crippen molar-refractivity contribution in [2.24, 2.45) is 0 Å². The van der Waals surface area contributed by atoms with Crippen molar-refractivity contribution in [1.82, 2.24) is 5.32 Å². The number of para-hydroxylation sites is 1. The summed E-state index contributed by atoms with van der Waals surface area (Å²) in [5.41, 5.74) is 0.311. The van der Waals surface area contributed by atoms with E-state index in [1.54, 1.807) is 18.2 Å². The second-order valence-electron chi connectivity index (χ2n) is 6.68. The molecule has 1 saturated carbocycles. The zero-order valence-corrected chi connectivity index (χ0v) is 16.5. The van der Waals surface area contributed by atoms with Gasteiger partial charge in [0.2, 0.25) is 0 Å². The summed E-state index contributed by atoms with van der Waals surface area (Å²) in [6, 6.07) is 8.33. The lowest BCUT2D eigenvalue weighted by Gasteiger charge is -2.29. The largest absolute Gasteiger partial charge is 0.373 e. The minimum Gasteiger partial charge on any atom is -0.373 e. The van der Waals surface area contributed by atoms with Crippen LogP contribution in [0.2, 0.25) is 10.0 Å². The van der Waals surface area contributed by atoms with E-state index in [2.05, 4.69) is 10.6 Å². The van der Waals surface area contributed by atoms with Crippen molar-refractivity contribution in [1.29, 1.82) is 0 Å². The molecule has 2 N–H and O–H groups in total. The van der Waals surface area contributed by atoms with Crippen LogP contribution in [-0.2, 0) is 11.3 Å². The van der Waals surface area contributed by atoms with E-state index in [0.717, 1.165) is 0 Å². The van der Waals surface area contributed by atoms with E-state index in [4.69, 9.17) is 27.9 Å². The van der Waals surface area contributed by atoms with Crippen LogP contribution in [0, 0.1) is 11.6 Å². The first-order chi connectivity index (χ1) is 13.4. The zero-order valence-electron chi connectivity index (χ0n) is 15.0. The number of carbonyl (C=O) groups excluding carboxylic acids is 1. The van der Waals surface area contributed by atoms with Crippen molar-refractivity contribution in [3.05, 3.63) is 63.6 Å². The van der Waals surface area contributed by atoms with Crippen molar-refractivity contribution in [3.63, 3.8) is 0 Å². The van der Waals surface area contributed by atoms with Gasteiger partial charge in [0, 0.05) is 11.6 Å². The van der Waals surface area contributed by atoms with E-state index in [1.165, 1.54) is 18.2 Å². The molecule has 1 fully saturated rings. The molecule has 0 spiro atoms. The first-order valence-electron chi connectivity index (χ1n) is 9.00. The lowest BCUT2D eigenvalue weighted by atomic mass is 9.93. The highest BCUT2D eigenvalue weighted by Gasteiger charge is 2.24. The number of carbonyl (C=O) groups is 1. The third-order valence-corrected chi connectivity index (χ3v) is 5.37. The minimum atomic E-state index is -0.606. The number of anilines is 1. The smallest absolute Gasteiger partial charge is 0.319 e. The predicted molar refractivity (Wildman–Crippen MR) is 106 cm³/mol. The summed E-state index contributed by atoms with van der Waals surface area (Å²) >= 11 is 12.1. The molecule has 0 unspecified atom stereocenters. The number of nitrogens with one attached hydrogen (secondary N) is 2. The van der Waals surface area contributed by atoms with Gasteiger partial charge in [-0.25, -0.2) is 13.6 Å². The molecule has 2 aromatic rings. The maximum absolute atomic E-state index is 13.7. The monoisotopic (exact) mass is 428 g/mol. The van der Waals surface area contributed by atoms with Crippen LogP contribution in [0.5, 0.6) is 0 Å². The number of hydrogen-bond acceptors (Lipinski definition) is 2. The maximum Gasteiger partial charge on any atom is 0.319 e. The molecule has 2 aromatic carbocycles. The first-order valence-corrected chi connectivity index (χ1v) is 9.75. The Hall–Kier alpha value is -1.89. The highest BCUT2D eigenvalue weighted by molar-refractivity contribution is 6.39. The summed E-state index contributed by atoms with van der Waals surface area (Å²) in [4.78, 5) is 12.2. The molecule has 0 heterocycles. The lowest BCUT2D eigenvalue weighted by Crippen LogP contribution is -2.41. The molecule has 1 aliphatic carbocycles. The van der Waals surface area contributed by atoms with Gasteiger partial charge in [0.1, 0.15) is 11.6 Å². The maximum atomic E-state index is 13.7. The number of ether oxygens (including phenoxy) is 1. The number of amides is 2. The van der Waals surface area contributed by atoms with Gasteiger partial charge in [-0.3, -0.25) is 0 Å². The number of urea groups is 1. The molecule has 2 amide bonds. The van der Waals surface area contributed by atoms with Crippen molar-refractivity contribution in [3.8, 4) is 0 Å². The Bertz CT molecular complexity index is 802. The average molecular weight is 429 g/mol. The number of hydrogen-bond donors (Lipinski definition) is 2. The summed E-state index contributed by atoms with van der Waals surface area (Å²) in [5.74, 6) is -1.21. The van der Waals surface area contributed by atoms with Crippen molar-refractivity contribution < 1.29 is 18.3 Å². The lowest BCUT2D eigenvalue weighted by molar-refractivity contribution is 0.00964. The topological polar surface area (TPSA) is 50.4 Å². The quantitative estimate of drug-likeness (QED) is 0.620. The molecule has 0 radical (unpaired) electrons. The first kappa shape index (κ1) is 20.8. The molecule has 0 atom stereocenters. The molecule has 150 valence electrons. The Morgan fingerprint density at radius 1 is 1.00 bits per heavy atom. The third-order valence-electron chi connectivity index (χ3n) is 4.74. The summed E-state index contributed by atoms with van der Waals surface area (Å²) < 4.78 is 33.0. The van der Waals surface area contributed by atoms with Gasteiger partial charge < -0.3 is 15.4 Å². The van der Waals surface area contributed by atoms with Crippen LogP contribution in [0.4, 0.5) is 19.3 Å². The minimum absolute atomic E-state index is 0.0219. The van der Waals surface area contributed by atoms with E-state index in [0.29, 0.717) is 41.4 Å². The summed E-state index contributed by atoms with van der Waals surface area (Å²) in [7, 11) is 0. The van der Waals surface area contributed by atoms with Crippen LogP contribution < -0.4 is 10.6 Å².